The lowest BCUT2D eigenvalue weighted by Gasteiger charge is -2.25. The molecule has 1 N–H and O–H groups in total. The third-order valence-electron chi connectivity index (χ3n) is 1.62. The molecule has 0 aliphatic carbocycles. The Morgan fingerprint density at radius 2 is 2.10 bits per heavy atom. The van der Waals surface area contributed by atoms with Crippen molar-refractivity contribution in [2.45, 2.75) is 13.8 Å². The highest BCUT2D eigenvalue weighted by Crippen LogP contribution is 2.21. The molecule has 0 aromatic carbocycles. The minimum absolute atomic E-state index is 0.0312. The summed E-state index contributed by atoms with van der Waals surface area (Å²) in [6.07, 6.45) is 0. The van der Waals surface area contributed by atoms with Crippen LogP contribution in [-0.4, -0.2) is 20.8 Å². The van der Waals surface area contributed by atoms with Gasteiger partial charge in [-0.15, -0.1) is 0 Å². The van der Waals surface area contributed by atoms with Crippen LogP contribution in [0.5, 0.6) is 0 Å². The fourth-order valence-electron chi connectivity index (χ4n) is 0.786. The van der Waals surface area contributed by atoms with Gasteiger partial charge in [0.15, 0.2) is 0 Å². The lowest BCUT2D eigenvalue weighted by Crippen LogP contribution is -2.27. The van der Waals surface area contributed by atoms with Crippen molar-refractivity contribution < 1.29 is 4.74 Å². The fourth-order valence-corrected chi connectivity index (χ4v) is 0.786. The average Bonchev–Trinajstić information content (AvgIpc) is 1.86. The predicted octanol–water partition coefficient (Wildman–Crippen LogP) is 1.39. The first-order chi connectivity index (χ1) is 4.54. The fraction of sp³-hybridized carbons (Fsp3) is 0.750. The highest BCUT2D eigenvalue weighted by Gasteiger charge is 2.20. The van der Waals surface area contributed by atoms with Crippen molar-refractivity contribution >= 4 is 0 Å². The lowest BCUT2D eigenvalue weighted by atomic mass is 9.91. The van der Waals surface area contributed by atoms with E-state index in [1.165, 1.54) is 0 Å². The van der Waals surface area contributed by atoms with Crippen LogP contribution in [0.4, 0.5) is 0 Å². The van der Waals surface area contributed by atoms with E-state index in [1.54, 1.807) is 7.11 Å². The van der Waals surface area contributed by atoms with Crippen molar-refractivity contribution in [3.05, 3.63) is 12.3 Å². The first kappa shape index (κ1) is 9.50. The smallest absolute Gasteiger partial charge is 0.0567 e. The van der Waals surface area contributed by atoms with E-state index in [4.69, 9.17) is 4.74 Å². The van der Waals surface area contributed by atoms with Crippen molar-refractivity contribution in [1.29, 1.82) is 0 Å². The SMILES string of the molecule is C=C(NC)C(C)(C)COC. The normalized spacial score (nSPS) is 11.2. The summed E-state index contributed by atoms with van der Waals surface area (Å²) in [4.78, 5) is 0. The van der Waals surface area contributed by atoms with Crippen LogP contribution in [0.1, 0.15) is 13.8 Å². The Bertz CT molecular complexity index is 118. The van der Waals surface area contributed by atoms with E-state index in [0.717, 1.165) is 5.70 Å². The standard InChI is InChI=1S/C8H17NO/c1-7(9-4)8(2,3)6-10-5/h9H,1,6H2,2-5H3. The lowest BCUT2D eigenvalue weighted by molar-refractivity contribution is 0.123. The number of hydrogen-bond acceptors (Lipinski definition) is 2. The van der Waals surface area contributed by atoms with Gasteiger partial charge in [-0.1, -0.05) is 20.4 Å². The van der Waals surface area contributed by atoms with E-state index in [1.807, 2.05) is 7.05 Å². The third-order valence-corrected chi connectivity index (χ3v) is 1.62. The summed E-state index contributed by atoms with van der Waals surface area (Å²) >= 11 is 0. The third kappa shape index (κ3) is 2.40. The summed E-state index contributed by atoms with van der Waals surface area (Å²) < 4.78 is 5.03. The summed E-state index contributed by atoms with van der Waals surface area (Å²) in [5, 5.41) is 3.02. The summed E-state index contributed by atoms with van der Waals surface area (Å²) in [6.45, 7) is 8.76. The van der Waals surface area contributed by atoms with Crippen molar-refractivity contribution in [3.63, 3.8) is 0 Å². The van der Waals surface area contributed by atoms with Crippen LogP contribution < -0.4 is 5.32 Å². The van der Waals surface area contributed by atoms with E-state index < -0.39 is 0 Å². The van der Waals surface area contributed by atoms with Gasteiger partial charge in [0.1, 0.15) is 0 Å². The van der Waals surface area contributed by atoms with E-state index in [9.17, 15) is 0 Å². The second kappa shape index (κ2) is 3.62. The van der Waals surface area contributed by atoms with Crippen LogP contribution in [0, 0.1) is 5.41 Å². The van der Waals surface area contributed by atoms with Gasteiger partial charge in [0.05, 0.1) is 6.61 Å². The molecule has 0 rings (SSSR count). The first-order valence-electron chi connectivity index (χ1n) is 3.40. The van der Waals surface area contributed by atoms with Crippen LogP contribution in [0.3, 0.4) is 0 Å². The van der Waals surface area contributed by atoms with Crippen molar-refractivity contribution in [2.75, 3.05) is 20.8 Å². The maximum atomic E-state index is 5.03. The van der Waals surface area contributed by atoms with Gasteiger partial charge < -0.3 is 10.1 Å². The van der Waals surface area contributed by atoms with E-state index in [2.05, 4.69) is 25.7 Å². The Morgan fingerprint density at radius 3 is 2.40 bits per heavy atom. The van der Waals surface area contributed by atoms with Gasteiger partial charge in [-0.05, 0) is 0 Å². The Hall–Kier alpha value is -0.500. The molecule has 10 heavy (non-hydrogen) atoms. The number of rotatable bonds is 4. The molecule has 60 valence electrons. The highest BCUT2D eigenvalue weighted by molar-refractivity contribution is 5.03. The number of nitrogens with one attached hydrogen (secondary N) is 1. The molecule has 0 saturated carbocycles. The zero-order chi connectivity index (χ0) is 8.20. The summed E-state index contributed by atoms with van der Waals surface area (Å²) in [7, 11) is 3.57. The molecule has 0 bridgehead atoms. The van der Waals surface area contributed by atoms with E-state index in [-0.39, 0.29) is 5.41 Å². The molecular formula is C8H17NO. The Morgan fingerprint density at radius 1 is 1.60 bits per heavy atom. The Labute approximate surface area is 63.3 Å². The second-order valence-electron chi connectivity index (χ2n) is 3.05. The minimum Gasteiger partial charge on any atom is -0.391 e. The number of hydrogen-bond donors (Lipinski definition) is 1. The molecule has 0 spiro atoms. The van der Waals surface area contributed by atoms with Gasteiger partial charge in [0.2, 0.25) is 0 Å². The first-order valence-corrected chi connectivity index (χ1v) is 3.40. The van der Waals surface area contributed by atoms with Crippen molar-refractivity contribution in [3.8, 4) is 0 Å². The minimum atomic E-state index is 0.0312. The molecule has 0 aromatic rings. The molecule has 0 radical (unpaired) electrons. The van der Waals surface area contributed by atoms with Crippen LogP contribution in [-0.2, 0) is 4.74 Å². The van der Waals surface area contributed by atoms with Crippen LogP contribution >= 0.6 is 0 Å². The average molecular weight is 143 g/mol. The molecule has 0 saturated heterocycles. The van der Waals surface area contributed by atoms with Crippen LogP contribution in [0.15, 0.2) is 12.3 Å². The van der Waals surface area contributed by atoms with E-state index in [0.29, 0.717) is 6.61 Å². The topological polar surface area (TPSA) is 21.3 Å². The molecule has 2 heteroatoms. The maximum Gasteiger partial charge on any atom is 0.0567 e. The molecule has 0 aliphatic rings. The highest BCUT2D eigenvalue weighted by atomic mass is 16.5. The quantitative estimate of drug-likeness (QED) is 0.642. The largest absolute Gasteiger partial charge is 0.391 e. The van der Waals surface area contributed by atoms with Crippen LogP contribution in [0.2, 0.25) is 0 Å². The number of methoxy groups -OCH3 is 1. The van der Waals surface area contributed by atoms with Crippen molar-refractivity contribution in [1.82, 2.24) is 5.32 Å². The Kier molecular flexibility index (Phi) is 3.43. The predicted molar refractivity (Wildman–Crippen MR) is 43.9 cm³/mol. The van der Waals surface area contributed by atoms with Gasteiger partial charge in [0, 0.05) is 25.3 Å². The summed E-state index contributed by atoms with van der Waals surface area (Å²) in [5.74, 6) is 0. The zero-order valence-electron chi connectivity index (χ0n) is 7.32. The molecule has 0 aromatic heterocycles. The van der Waals surface area contributed by atoms with Gasteiger partial charge in [0.25, 0.3) is 0 Å². The van der Waals surface area contributed by atoms with Crippen molar-refractivity contribution in [2.24, 2.45) is 5.41 Å². The van der Waals surface area contributed by atoms with Gasteiger partial charge >= 0.3 is 0 Å². The zero-order valence-corrected chi connectivity index (χ0v) is 7.32. The maximum absolute atomic E-state index is 5.03. The monoisotopic (exact) mass is 143 g/mol. The summed E-state index contributed by atoms with van der Waals surface area (Å²) in [5.41, 5.74) is 1.04. The van der Waals surface area contributed by atoms with Gasteiger partial charge in [-0.3, -0.25) is 0 Å². The number of ether oxygens (including phenoxy) is 1. The van der Waals surface area contributed by atoms with Crippen LogP contribution in [0.25, 0.3) is 0 Å². The molecule has 0 heterocycles. The van der Waals surface area contributed by atoms with E-state index >= 15 is 0 Å². The molecule has 0 atom stereocenters. The summed E-state index contributed by atoms with van der Waals surface area (Å²) in [6, 6.07) is 0. The molecule has 0 aliphatic heterocycles. The molecule has 2 nitrogen and oxygen atoms in total. The molecule has 0 fully saturated rings. The Balaban J connectivity index is 3.96. The van der Waals surface area contributed by atoms with Gasteiger partial charge in [-0.25, -0.2) is 0 Å². The molecule has 0 amide bonds. The van der Waals surface area contributed by atoms with Gasteiger partial charge in [-0.2, -0.15) is 0 Å². The molecule has 0 unspecified atom stereocenters. The molecular weight excluding hydrogens is 126 g/mol. The second-order valence-corrected chi connectivity index (χ2v) is 3.05.